The third kappa shape index (κ3) is 5.04. The van der Waals surface area contributed by atoms with Gasteiger partial charge in [0.25, 0.3) is 11.8 Å². The Morgan fingerprint density at radius 2 is 1.67 bits per heavy atom. The Balaban J connectivity index is 1.30. The van der Waals surface area contributed by atoms with Crippen LogP contribution in [0.1, 0.15) is 5.56 Å². The number of nitrogens with zero attached hydrogens (tertiary/aromatic N) is 2. The second kappa shape index (κ2) is 9.24. The van der Waals surface area contributed by atoms with E-state index in [9.17, 15) is 4.79 Å². The Kier molecular flexibility index (Phi) is 6.06. The first kappa shape index (κ1) is 19.7. The fourth-order valence-corrected chi connectivity index (χ4v) is 2.87. The number of aromatic nitrogens is 2. The largest absolute Gasteiger partial charge is 0.484 e. The predicted octanol–water partition coefficient (Wildman–Crippen LogP) is 4.75. The van der Waals surface area contributed by atoms with Crippen molar-refractivity contribution < 1.29 is 14.1 Å². The topological polar surface area (TPSA) is 77.2 Å². The number of hydrogen-bond acceptors (Lipinski definition) is 5. The van der Waals surface area contributed by atoms with E-state index in [1.54, 1.807) is 24.3 Å². The van der Waals surface area contributed by atoms with Crippen LogP contribution in [-0.4, -0.2) is 22.7 Å². The van der Waals surface area contributed by atoms with Crippen LogP contribution in [0, 0.1) is 0 Å². The number of rotatable bonds is 7. The monoisotopic (exact) mass is 419 g/mol. The first-order chi connectivity index (χ1) is 14.7. The van der Waals surface area contributed by atoms with E-state index in [1.807, 2.05) is 54.6 Å². The smallest absolute Gasteiger partial charge is 0.258 e. The molecular formula is C23H18ClN3O3. The average Bonchev–Trinajstić information content (AvgIpc) is 3.29. The maximum Gasteiger partial charge on any atom is 0.258 e. The lowest BCUT2D eigenvalue weighted by molar-refractivity contribution is -0.123. The number of hydrogen-bond donors (Lipinski definition) is 1. The first-order valence-electron chi connectivity index (χ1n) is 9.31. The molecule has 3 aromatic carbocycles. The van der Waals surface area contributed by atoms with E-state index in [-0.39, 0.29) is 12.5 Å². The van der Waals surface area contributed by atoms with Gasteiger partial charge in [-0.05, 0) is 42.0 Å². The molecule has 1 heterocycles. The summed E-state index contributed by atoms with van der Waals surface area (Å²) < 4.78 is 10.9. The second-order valence-corrected chi connectivity index (χ2v) is 6.94. The molecule has 0 aliphatic heterocycles. The van der Waals surface area contributed by atoms with Gasteiger partial charge in [-0.3, -0.25) is 4.79 Å². The zero-order valence-corrected chi connectivity index (χ0v) is 16.7. The molecule has 0 saturated carbocycles. The Morgan fingerprint density at radius 3 is 2.40 bits per heavy atom. The molecule has 7 heteroatoms. The lowest BCUT2D eigenvalue weighted by Gasteiger charge is -2.08. The third-order valence-corrected chi connectivity index (χ3v) is 4.58. The first-order valence-corrected chi connectivity index (χ1v) is 9.69. The fraction of sp³-hybridized carbons (Fsp3) is 0.0870. The molecule has 150 valence electrons. The van der Waals surface area contributed by atoms with E-state index in [0.29, 0.717) is 29.0 Å². The molecule has 0 unspecified atom stereocenters. The van der Waals surface area contributed by atoms with Crippen LogP contribution in [0.2, 0.25) is 5.02 Å². The Hall–Kier alpha value is -3.64. The van der Waals surface area contributed by atoms with Crippen molar-refractivity contribution in [2.75, 3.05) is 6.61 Å². The van der Waals surface area contributed by atoms with Crippen molar-refractivity contribution in [2.24, 2.45) is 0 Å². The fourth-order valence-electron chi connectivity index (χ4n) is 2.74. The number of benzene rings is 3. The SMILES string of the molecule is O=C(COc1ccc(-c2nc(-c3ccccc3)no2)cc1)NCc1ccc(Cl)cc1. The summed E-state index contributed by atoms with van der Waals surface area (Å²) in [7, 11) is 0. The maximum absolute atomic E-state index is 12.0. The van der Waals surface area contributed by atoms with Gasteiger partial charge < -0.3 is 14.6 Å². The van der Waals surface area contributed by atoms with Crippen molar-refractivity contribution in [2.45, 2.75) is 6.54 Å². The van der Waals surface area contributed by atoms with Crippen LogP contribution in [0.3, 0.4) is 0 Å². The molecule has 0 radical (unpaired) electrons. The van der Waals surface area contributed by atoms with Crippen molar-refractivity contribution in [1.82, 2.24) is 15.5 Å². The Bertz CT molecular complexity index is 1110. The minimum absolute atomic E-state index is 0.0777. The van der Waals surface area contributed by atoms with Crippen LogP contribution in [0.5, 0.6) is 5.75 Å². The number of amides is 1. The molecule has 6 nitrogen and oxygen atoms in total. The highest BCUT2D eigenvalue weighted by Gasteiger charge is 2.11. The van der Waals surface area contributed by atoms with Gasteiger partial charge in [0, 0.05) is 22.7 Å². The van der Waals surface area contributed by atoms with Crippen molar-refractivity contribution >= 4 is 17.5 Å². The van der Waals surface area contributed by atoms with Gasteiger partial charge in [0.05, 0.1) is 0 Å². The predicted molar refractivity (Wildman–Crippen MR) is 114 cm³/mol. The summed E-state index contributed by atoms with van der Waals surface area (Å²) in [6.45, 7) is 0.338. The molecule has 4 rings (SSSR count). The molecule has 4 aromatic rings. The normalized spacial score (nSPS) is 10.6. The summed E-state index contributed by atoms with van der Waals surface area (Å²) in [5, 5.41) is 7.48. The van der Waals surface area contributed by atoms with Gasteiger partial charge in [0.1, 0.15) is 5.75 Å². The lowest BCUT2D eigenvalue weighted by atomic mass is 10.2. The van der Waals surface area contributed by atoms with Gasteiger partial charge in [-0.1, -0.05) is 59.2 Å². The Morgan fingerprint density at radius 1 is 0.933 bits per heavy atom. The summed E-state index contributed by atoms with van der Waals surface area (Å²) in [5.41, 5.74) is 2.62. The lowest BCUT2D eigenvalue weighted by Crippen LogP contribution is -2.28. The Labute approximate surface area is 178 Å². The van der Waals surface area contributed by atoms with Crippen LogP contribution >= 0.6 is 11.6 Å². The van der Waals surface area contributed by atoms with Crippen molar-refractivity contribution in [1.29, 1.82) is 0 Å². The van der Waals surface area contributed by atoms with Crippen molar-refractivity contribution in [3.63, 3.8) is 0 Å². The number of carbonyl (C=O) groups is 1. The zero-order chi connectivity index (χ0) is 20.8. The van der Waals surface area contributed by atoms with Crippen LogP contribution in [0.15, 0.2) is 83.4 Å². The molecule has 1 N–H and O–H groups in total. The van der Waals surface area contributed by atoms with E-state index in [4.69, 9.17) is 20.9 Å². The van der Waals surface area contributed by atoms with Gasteiger partial charge in [0.15, 0.2) is 6.61 Å². The van der Waals surface area contributed by atoms with E-state index in [1.165, 1.54) is 0 Å². The van der Waals surface area contributed by atoms with Crippen LogP contribution in [-0.2, 0) is 11.3 Å². The summed E-state index contributed by atoms with van der Waals surface area (Å²) in [6.07, 6.45) is 0. The maximum atomic E-state index is 12.0. The molecule has 1 aromatic heterocycles. The van der Waals surface area contributed by atoms with Crippen molar-refractivity contribution in [3.8, 4) is 28.6 Å². The third-order valence-electron chi connectivity index (χ3n) is 4.33. The minimum atomic E-state index is -0.210. The summed E-state index contributed by atoms with van der Waals surface area (Å²) in [6, 6.07) is 24.0. The van der Waals surface area contributed by atoms with Crippen LogP contribution in [0.25, 0.3) is 22.8 Å². The van der Waals surface area contributed by atoms with E-state index in [0.717, 1.165) is 16.7 Å². The number of carbonyl (C=O) groups excluding carboxylic acids is 1. The molecule has 30 heavy (non-hydrogen) atoms. The highest BCUT2D eigenvalue weighted by atomic mass is 35.5. The molecule has 1 amide bonds. The van der Waals surface area contributed by atoms with E-state index in [2.05, 4.69) is 15.5 Å². The van der Waals surface area contributed by atoms with Gasteiger partial charge in [0.2, 0.25) is 5.82 Å². The summed E-state index contributed by atoms with van der Waals surface area (Å²) in [4.78, 5) is 16.4. The average molecular weight is 420 g/mol. The van der Waals surface area contributed by atoms with Crippen LogP contribution in [0.4, 0.5) is 0 Å². The van der Waals surface area contributed by atoms with Gasteiger partial charge in [-0.15, -0.1) is 0 Å². The standard InChI is InChI=1S/C23H18ClN3O3/c24-19-10-6-16(7-11-19)14-25-21(28)15-29-20-12-8-18(9-13-20)23-26-22(27-30-23)17-4-2-1-3-5-17/h1-13H,14-15H2,(H,25,28). The molecule has 0 bridgehead atoms. The van der Waals surface area contributed by atoms with Crippen LogP contribution < -0.4 is 10.1 Å². The number of halogens is 1. The quantitative estimate of drug-likeness (QED) is 0.467. The summed E-state index contributed by atoms with van der Waals surface area (Å²) >= 11 is 5.85. The molecule has 0 atom stereocenters. The zero-order valence-electron chi connectivity index (χ0n) is 15.9. The van der Waals surface area contributed by atoms with Gasteiger partial charge in [-0.25, -0.2) is 0 Å². The summed E-state index contributed by atoms with van der Waals surface area (Å²) in [5.74, 6) is 1.31. The highest BCUT2D eigenvalue weighted by molar-refractivity contribution is 6.30. The molecular weight excluding hydrogens is 402 g/mol. The van der Waals surface area contributed by atoms with E-state index < -0.39 is 0 Å². The minimum Gasteiger partial charge on any atom is -0.484 e. The molecule has 0 aliphatic rings. The molecule has 0 aliphatic carbocycles. The van der Waals surface area contributed by atoms with Gasteiger partial charge >= 0.3 is 0 Å². The highest BCUT2D eigenvalue weighted by Crippen LogP contribution is 2.24. The second-order valence-electron chi connectivity index (χ2n) is 6.51. The molecule has 0 fully saturated rings. The van der Waals surface area contributed by atoms with Gasteiger partial charge in [-0.2, -0.15) is 4.98 Å². The number of nitrogens with one attached hydrogen (secondary N) is 1. The molecule has 0 spiro atoms. The molecule has 0 saturated heterocycles. The van der Waals surface area contributed by atoms with E-state index >= 15 is 0 Å². The number of ether oxygens (including phenoxy) is 1. The van der Waals surface area contributed by atoms with Crippen molar-refractivity contribution in [3.05, 3.63) is 89.4 Å².